The van der Waals surface area contributed by atoms with Crippen LogP contribution < -0.4 is 0 Å². The standard InChI is InChI=1S/C44H27N5O/c1-4-12-29(13-5-1)42-46-43(30-14-6-2-7-15-30)48-44(47-42)35-21-20-32(28-24-26-45-27-25-28)38-39-37(50-41(35)38)23-22-34-33-18-10-11-19-36(33)49(40(34)39)31-16-8-3-9-17-31/h1-27H. The Morgan fingerprint density at radius 3 is 1.74 bits per heavy atom. The molecular formula is C44H27N5O. The fourth-order valence-corrected chi connectivity index (χ4v) is 7.13. The summed E-state index contributed by atoms with van der Waals surface area (Å²) in [6.07, 6.45) is 3.66. The quantitative estimate of drug-likeness (QED) is 0.187. The van der Waals surface area contributed by atoms with Crippen molar-refractivity contribution >= 4 is 43.7 Å². The molecule has 50 heavy (non-hydrogen) atoms. The third-order valence-electron chi connectivity index (χ3n) is 9.36. The van der Waals surface area contributed by atoms with Crippen LogP contribution in [0.25, 0.3) is 94.7 Å². The van der Waals surface area contributed by atoms with Gasteiger partial charge in [0.25, 0.3) is 0 Å². The zero-order valence-corrected chi connectivity index (χ0v) is 26.7. The highest BCUT2D eigenvalue weighted by molar-refractivity contribution is 6.28. The number of para-hydroxylation sites is 2. The number of nitrogens with zero attached hydrogens (tertiary/aromatic N) is 5. The Morgan fingerprint density at radius 2 is 1.04 bits per heavy atom. The fraction of sp³-hybridized carbons (Fsp3) is 0. The summed E-state index contributed by atoms with van der Waals surface area (Å²) in [6, 6.07) is 51.8. The number of hydrogen-bond acceptors (Lipinski definition) is 5. The Labute approximate surface area is 287 Å². The lowest BCUT2D eigenvalue weighted by molar-refractivity contribution is 0.670. The minimum Gasteiger partial charge on any atom is -0.455 e. The lowest BCUT2D eigenvalue weighted by Gasteiger charge is -2.11. The van der Waals surface area contributed by atoms with Crippen molar-refractivity contribution in [3.8, 4) is 51.0 Å². The van der Waals surface area contributed by atoms with Crippen molar-refractivity contribution in [1.29, 1.82) is 0 Å². The van der Waals surface area contributed by atoms with Crippen molar-refractivity contribution in [3.63, 3.8) is 0 Å². The summed E-state index contributed by atoms with van der Waals surface area (Å²) in [5.41, 5.74) is 9.52. The molecule has 0 unspecified atom stereocenters. The summed E-state index contributed by atoms with van der Waals surface area (Å²) >= 11 is 0. The van der Waals surface area contributed by atoms with E-state index in [0.29, 0.717) is 17.5 Å². The van der Waals surface area contributed by atoms with Gasteiger partial charge in [-0.15, -0.1) is 0 Å². The zero-order chi connectivity index (χ0) is 33.0. The van der Waals surface area contributed by atoms with E-state index >= 15 is 0 Å². The molecule has 10 aromatic rings. The van der Waals surface area contributed by atoms with Crippen molar-refractivity contribution in [2.24, 2.45) is 0 Å². The number of hydrogen-bond donors (Lipinski definition) is 0. The molecule has 234 valence electrons. The maximum atomic E-state index is 6.96. The molecule has 0 atom stereocenters. The highest BCUT2D eigenvalue weighted by atomic mass is 16.3. The zero-order valence-electron chi connectivity index (χ0n) is 26.7. The van der Waals surface area contributed by atoms with E-state index in [0.717, 1.165) is 71.9 Å². The summed E-state index contributed by atoms with van der Waals surface area (Å²) in [4.78, 5) is 19.4. The second-order valence-corrected chi connectivity index (χ2v) is 12.3. The van der Waals surface area contributed by atoms with E-state index in [9.17, 15) is 0 Å². The lowest BCUT2D eigenvalue weighted by atomic mass is 9.96. The molecule has 6 heteroatoms. The van der Waals surface area contributed by atoms with Gasteiger partial charge in [-0.1, -0.05) is 103 Å². The van der Waals surface area contributed by atoms with Crippen LogP contribution in [0.2, 0.25) is 0 Å². The van der Waals surface area contributed by atoms with E-state index < -0.39 is 0 Å². The number of furan rings is 1. The Bertz CT molecular complexity index is 2790. The van der Waals surface area contributed by atoms with Gasteiger partial charge in [0, 0.05) is 45.4 Å². The van der Waals surface area contributed by atoms with Crippen molar-refractivity contribution in [1.82, 2.24) is 24.5 Å². The van der Waals surface area contributed by atoms with Crippen molar-refractivity contribution in [2.75, 3.05) is 0 Å². The van der Waals surface area contributed by atoms with Gasteiger partial charge in [-0.25, -0.2) is 15.0 Å². The summed E-state index contributed by atoms with van der Waals surface area (Å²) in [5, 5.41) is 4.37. The van der Waals surface area contributed by atoms with E-state index in [4.69, 9.17) is 19.4 Å². The second-order valence-electron chi connectivity index (χ2n) is 12.3. The van der Waals surface area contributed by atoms with Gasteiger partial charge in [-0.05, 0) is 59.7 Å². The highest BCUT2D eigenvalue weighted by Crippen LogP contribution is 2.46. The Kier molecular flexibility index (Phi) is 6.39. The van der Waals surface area contributed by atoms with Gasteiger partial charge in [-0.3, -0.25) is 4.98 Å². The van der Waals surface area contributed by atoms with Crippen LogP contribution in [0, 0.1) is 0 Å². The van der Waals surface area contributed by atoms with Crippen molar-refractivity contribution < 1.29 is 4.42 Å². The first kappa shape index (κ1) is 28.1. The number of rotatable bonds is 5. The summed E-state index contributed by atoms with van der Waals surface area (Å²) < 4.78 is 9.31. The summed E-state index contributed by atoms with van der Waals surface area (Å²) in [6.45, 7) is 0. The number of pyridine rings is 1. The molecule has 0 N–H and O–H groups in total. The molecule has 0 aliphatic heterocycles. The van der Waals surface area contributed by atoms with Crippen LogP contribution >= 0.6 is 0 Å². The fourth-order valence-electron chi connectivity index (χ4n) is 7.13. The third kappa shape index (κ3) is 4.43. The van der Waals surface area contributed by atoms with E-state index in [1.165, 1.54) is 5.39 Å². The predicted octanol–water partition coefficient (Wildman–Crippen LogP) is 10.9. The van der Waals surface area contributed by atoms with Gasteiger partial charge in [0.15, 0.2) is 17.5 Å². The molecule has 0 saturated carbocycles. The van der Waals surface area contributed by atoms with Gasteiger partial charge in [-0.2, -0.15) is 0 Å². The smallest absolute Gasteiger partial charge is 0.167 e. The van der Waals surface area contributed by atoms with Crippen LogP contribution in [0.4, 0.5) is 0 Å². The molecular weight excluding hydrogens is 615 g/mol. The maximum absolute atomic E-state index is 6.96. The number of fused-ring (bicyclic) bond motifs is 7. The van der Waals surface area contributed by atoms with Crippen LogP contribution in [0.1, 0.15) is 0 Å². The monoisotopic (exact) mass is 641 g/mol. The molecule has 10 rings (SSSR count). The van der Waals surface area contributed by atoms with E-state index in [1.807, 2.05) is 85.2 Å². The van der Waals surface area contributed by atoms with Crippen molar-refractivity contribution in [2.45, 2.75) is 0 Å². The van der Waals surface area contributed by atoms with Gasteiger partial charge >= 0.3 is 0 Å². The number of aromatic nitrogens is 5. The van der Waals surface area contributed by atoms with Crippen LogP contribution in [0.5, 0.6) is 0 Å². The molecule has 0 amide bonds. The summed E-state index contributed by atoms with van der Waals surface area (Å²) in [7, 11) is 0. The normalized spacial score (nSPS) is 11.6. The van der Waals surface area contributed by atoms with Gasteiger partial charge < -0.3 is 8.98 Å². The minimum atomic E-state index is 0.544. The molecule has 0 fully saturated rings. The van der Waals surface area contributed by atoms with Crippen LogP contribution in [-0.4, -0.2) is 24.5 Å². The van der Waals surface area contributed by atoms with Crippen LogP contribution in [0.15, 0.2) is 168 Å². The second kappa shape index (κ2) is 11.4. The van der Waals surface area contributed by atoms with E-state index in [1.54, 1.807) is 0 Å². The lowest BCUT2D eigenvalue weighted by Crippen LogP contribution is -2.00. The molecule has 4 aromatic heterocycles. The third-order valence-corrected chi connectivity index (χ3v) is 9.36. The topological polar surface area (TPSA) is 69.6 Å². The van der Waals surface area contributed by atoms with Crippen LogP contribution in [-0.2, 0) is 0 Å². The maximum Gasteiger partial charge on any atom is 0.167 e. The first-order chi connectivity index (χ1) is 24.8. The molecule has 0 aliphatic carbocycles. The first-order valence-electron chi connectivity index (χ1n) is 16.6. The van der Waals surface area contributed by atoms with E-state index in [2.05, 4.69) is 88.4 Å². The molecule has 6 aromatic carbocycles. The average Bonchev–Trinajstić information content (AvgIpc) is 3.75. The predicted molar refractivity (Wildman–Crippen MR) is 201 cm³/mol. The molecule has 0 saturated heterocycles. The minimum absolute atomic E-state index is 0.544. The van der Waals surface area contributed by atoms with Crippen molar-refractivity contribution in [3.05, 3.63) is 164 Å². The molecule has 0 radical (unpaired) electrons. The average molecular weight is 642 g/mol. The molecule has 0 spiro atoms. The van der Waals surface area contributed by atoms with Gasteiger partial charge in [0.05, 0.1) is 22.0 Å². The Morgan fingerprint density at radius 1 is 0.440 bits per heavy atom. The van der Waals surface area contributed by atoms with E-state index in [-0.39, 0.29) is 0 Å². The SMILES string of the molecule is c1ccc(-c2nc(-c3ccccc3)nc(-c3ccc(-c4ccncc4)c4c3oc3ccc5c6ccccc6n(-c6ccccc6)c5c34)n2)cc1. The number of benzene rings is 6. The Hall–Kier alpha value is -6.92. The molecule has 0 bridgehead atoms. The Balaban J connectivity index is 1.35. The molecule has 6 nitrogen and oxygen atoms in total. The molecule has 4 heterocycles. The molecule has 0 aliphatic rings. The highest BCUT2D eigenvalue weighted by Gasteiger charge is 2.24. The van der Waals surface area contributed by atoms with Crippen LogP contribution in [0.3, 0.4) is 0 Å². The summed E-state index contributed by atoms with van der Waals surface area (Å²) in [5.74, 6) is 1.75. The first-order valence-corrected chi connectivity index (χ1v) is 16.6. The largest absolute Gasteiger partial charge is 0.455 e. The van der Waals surface area contributed by atoms with Gasteiger partial charge in [0.2, 0.25) is 0 Å². The van der Waals surface area contributed by atoms with Gasteiger partial charge in [0.1, 0.15) is 11.2 Å².